The predicted octanol–water partition coefficient (Wildman–Crippen LogP) is 2.58. The van der Waals surface area contributed by atoms with Crippen molar-refractivity contribution in [1.29, 1.82) is 0 Å². The van der Waals surface area contributed by atoms with Gasteiger partial charge in [-0.15, -0.1) is 0 Å². The highest BCUT2D eigenvalue weighted by Gasteiger charge is 2.28. The Bertz CT molecular complexity index is 718. The number of carbonyl (C=O) groups excluding carboxylic acids is 1. The number of aldehydes is 1. The summed E-state index contributed by atoms with van der Waals surface area (Å²) < 4.78 is 16.5. The molecule has 0 radical (unpaired) electrons. The number of ether oxygens (including phenoxy) is 1. The normalized spacial score (nSPS) is 13.7. The maximum absolute atomic E-state index is 11.3. The van der Waals surface area contributed by atoms with Gasteiger partial charge < -0.3 is 14.0 Å². The minimum absolute atomic E-state index is 0.474. The highest BCUT2D eigenvalue weighted by molar-refractivity contribution is 6.63. The predicted molar refractivity (Wildman–Crippen MR) is 81.9 cm³/mol. The fourth-order valence-electron chi connectivity index (χ4n) is 2.20. The molecule has 1 aliphatic heterocycles. The lowest BCUT2D eigenvalue weighted by molar-refractivity contribution is 0.112. The average Bonchev–Trinajstić information content (AvgIpc) is 3.09. The molecule has 0 N–H and O–H groups in total. The van der Waals surface area contributed by atoms with Crippen LogP contribution >= 0.6 is 0 Å². The third-order valence-electron chi connectivity index (χ3n) is 3.26. The van der Waals surface area contributed by atoms with Gasteiger partial charge in [-0.3, -0.25) is 4.79 Å². The summed E-state index contributed by atoms with van der Waals surface area (Å²) in [6.45, 7) is 7.96. The topological polar surface area (TPSA) is 49.1 Å². The monoisotopic (exact) mass is 293 g/mol. The summed E-state index contributed by atoms with van der Waals surface area (Å²) in [5, 5.41) is 0. The van der Waals surface area contributed by atoms with Gasteiger partial charge in [0.05, 0.1) is 19.8 Å². The van der Waals surface area contributed by atoms with E-state index in [1.807, 2.05) is 0 Å². The highest BCUT2D eigenvalue weighted by atomic mass is 16.6. The van der Waals surface area contributed by atoms with Gasteiger partial charge >= 0.3 is 7.12 Å². The van der Waals surface area contributed by atoms with Crippen LogP contribution in [0.3, 0.4) is 0 Å². The van der Waals surface area contributed by atoms with Crippen molar-refractivity contribution < 1.29 is 18.8 Å². The van der Waals surface area contributed by atoms with Crippen LogP contribution in [0.4, 0.5) is 5.69 Å². The lowest BCUT2D eigenvalue weighted by atomic mass is 9.76. The first kappa shape index (κ1) is 14.3. The van der Waals surface area contributed by atoms with E-state index in [0.29, 0.717) is 41.4 Å². The van der Waals surface area contributed by atoms with Gasteiger partial charge in [-0.2, -0.15) is 0 Å². The van der Waals surface area contributed by atoms with Crippen molar-refractivity contribution in [2.45, 2.75) is 0 Å². The Labute approximate surface area is 128 Å². The zero-order valence-corrected chi connectivity index (χ0v) is 11.7. The van der Waals surface area contributed by atoms with E-state index in [1.54, 1.807) is 42.5 Å². The van der Waals surface area contributed by atoms with Crippen LogP contribution in [0.5, 0.6) is 11.5 Å². The summed E-state index contributed by atoms with van der Waals surface area (Å²) in [5.74, 6) is 1.14. The van der Waals surface area contributed by atoms with Gasteiger partial charge in [0, 0.05) is 5.56 Å². The number of hydrogen-bond donors (Lipinski definition) is 0. The molecule has 0 bridgehead atoms. The lowest BCUT2D eigenvalue weighted by Crippen LogP contribution is -2.34. The third kappa shape index (κ3) is 3.01. The van der Waals surface area contributed by atoms with E-state index >= 15 is 0 Å². The van der Waals surface area contributed by atoms with E-state index in [4.69, 9.17) is 20.6 Å². The highest BCUT2D eigenvalue weighted by Crippen LogP contribution is 2.24. The molecule has 5 nitrogen and oxygen atoms in total. The molecule has 2 aromatic carbocycles. The van der Waals surface area contributed by atoms with Crippen molar-refractivity contribution in [2.75, 3.05) is 13.2 Å². The minimum Gasteiger partial charge on any atom is -0.457 e. The van der Waals surface area contributed by atoms with Gasteiger partial charge in [0.1, 0.15) is 17.8 Å². The Morgan fingerprint density at radius 3 is 2.41 bits per heavy atom. The Kier molecular flexibility index (Phi) is 4.19. The van der Waals surface area contributed by atoms with Crippen molar-refractivity contribution >= 4 is 24.6 Å². The Morgan fingerprint density at radius 1 is 1.09 bits per heavy atom. The number of hydrogen-bond acceptors (Lipinski definition) is 4. The van der Waals surface area contributed by atoms with E-state index in [-0.39, 0.29) is 0 Å². The maximum Gasteiger partial charge on any atom is 0.494 e. The van der Waals surface area contributed by atoms with Gasteiger partial charge in [-0.05, 0) is 29.7 Å². The van der Waals surface area contributed by atoms with E-state index < -0.39 is 7.12 Å². The molecule has 22 heavy (non-hydrogen) atoms. The van der Waals surface area contributed by atoms with Crippen LogP contribution in [-0.2, 0) is 9.31 Å². The molecule has 1 saturated heterocycles. The van der Waals surface area contributed by atoms with Gasteiger partial charge in [0.2, 0.25) is 0 Å². The number of benzene rings is 2. The molecule has 0 amide bonds. The van der Waals surface area contributed by atoms with Crippen LogP contribution in [0, 0.1) is 6.57 Å². The van der Waals surface area contributed by atoms with E-state index in [0.717, 1.165) is 6.29 Å². The number of carbonyl (C=O) groups is 1. The molecule has 0 aromatic heterocycles. The summed E-state index contributed by atoms with van der Waals surface area (Å²) in [6.07, 6.45) is 0.759. The smallest absolute Gasteiger partial charge is 0.457 e. The fraction of sp³-hybridized carbons (Fsp3) is 0.125. The van der Waals surface area contributed by atoms with Crippen LogP contribution in [-0.4, -0.2) is 26.6 Å². The standard InChI is InChI=1S/C16H12BNO4/c1-18-13-2-4-14(5-3-13)22-15-6-7-16(12(10-15)11-19)17-20-8-9-21-17/h2-7,10-11H,8-9H2. The average molecular weight is 293 g/mol. The molecular formula is C16H12BNO4. The summed E-state index contributed by atoms with van der Waals surface area (Å²) in [4.78, 5) is 14.6. The minimum atomic E-state index is -0.493. The van der Waals surface area contributed by atoms with Crippen molar-refractivity contribution in [3.8, 4) is 11.5 Å². The van der Waals surface area contributed by atoms with E-state index in [2.05, 4.69) is 4.85 Å². The quantitative estimate of drug-likeness (QED) is 0.494. The summed E-state index contributed by atoms with van der Waals surface area (Å²) in [7, 11) is -0.493. The van der Waals surface area contributed by atoms with E-state index in [9.17, 15) is 4.79 Å². The summed E-state index contributed by atoms with van der Waals surface area (Å²) in [6, 6.07) is 12.0. The molecule has 1 fully saturated rings. The largest absolute Gasteiger partial charge is 0.494 e. The van der Waals surface area contributed by atoms with Crippen LogP contribution in [0.15, 0.2) is 42.5 Å². The maximum atomic E-state index is 11.3. The number of rotatable bonds is 4. The molecule has 6 heteroatoms. The molecule has 3 rings (SSSR count). The Morgan fingerprint density at radius 2 is 1.77 bits per heavy atom. The number of nitrogens with zero attached hydrogens (tertiary/aromatic N) is 1. The fourth-order valence-corrected chi connectivity index (χ4v) is 2.20. The second-order valence-electron chi connectivity index (χ2n) is 4.69. The van der Waals surface area contributed by atoms with Gasteiger partial charge in [0.25, 0.3) is 0 Å². The van der Waals surface area contributed by atoms with Crippen molar-refractivity contribution in [1.82, 2.24) is 0 Å². The molecule has 108 valence electrons. The molecular weight excluding hydrogens is 281 g/mol. The SMILES string of the molecule is [C-]#[N+]c1ccc(Oc2ccc(B3OCCO3)c(C=O)c2)cc1. The molecule has 0 unspecified atom stereocenters. The van der Waals surface area contributed by atoms with Crippen molar-refractivity contribution in [2.24, 2.45) is 0 Å². The Hall–Kier alpha value is -2.62. The third-order valence-corrected chi connectivity index (χ3v) is 3.26. The second kappa shape index (κ2) is 6.44. The molecule has 0 aliphatic carbocycles. The first-order chi connectivity index (χ1) is 10.8. The summed E-state index contributed by atoms with van der Waals surface area (Å²) >= 11 is 0. The first-order valence-corrected chi connectivity index (χ1v) is 6.78. The van der Waals surface area contributed by atoms with Crippen LogP contribution < -0.4 is 10.2 Å². The zero-order valence-electron chi connectivity index (χ0n) is 11.7. The first-order valence-electron chi connectivity index (χ1n) is 6.78. The molecule has 0 saturated carbocycles. The molecule has 0 atom stereocenters. The van der Waals surface area contributed by atoms with Crippen LogP contribution in [0.2, 0.25) is 0 Å². The molecule has 1 aliphatic rings. The summed E-state index contributed by atoms with van der Waals surface area (Å²) in [5.41, 5.74) is 1.72. The van der Waals surface area contributed by atoms with Crippen molar-refractivity contribution in [3.05, 3.63) is 59.4 Å². The molecule has 2 aromatic rings. The molecule has 0 spiro atoms. The van der Waals surface area contributed by atoms with E-state index in [1.165, 1.54) is 0 Å². The molecule has 1 heterocycles. The van der Waals surface area contributed by atoms with Gasteiger partial charge in [-0.25, -0.2) is 4.85 Å². The lowest BCUT2D eigenvalue weighted by Gasteiger charge is -2.10. The van der Waals surface area contributed by atoms with Crippen LogP contribution in [0.1, 0.15) is 10.4 Å². The zero-order chi connectivity index (χ0) is 15.4. The Balaban J connectivity index is 1.82. The van der Waals surface area contributed by atoms with Crippen LogP contribution in [0.25, 0.3) is 4.85 Å². The second-order valence-corrected chi connectivity index (χ2v) is 4.69. The van der Waals surface area contributed by atoms with Crippen molar-refractivity contribution in [3.63, 3.8) is 0 Å². The van der Waals surface area contributed by atoms with Gasteiger partial charge in [-0.1, -0.05) is 18.2 Å². The van der Waals surface area contributed by atoms with Gasteiger partial charge in [0.15, 0.2) is 5.69 Å².